The van der Waals surface area contributed by atoms with Crippen LogP contribution < -0.4 is 10.6 Å². The maximum atomic E-state index is 12.2. The predicted molar refractivity (Wildman–Crippen MR) is 97.1 cm³/mol. The maximum Gasteiger partial charge on any atom is 0.280 e. The number of nitrogens with zero attached hydrogens (tertiary/aromatic N) is 1. The Balaban J connectivity index is 1.68. The number of nitriles is 1. The second-order valence-corrected chi connectivity index (χ2v) is 7.06. The molecule has 0 radical (unpaired) electrons. The zero-order chi connectivity index (χ0) is 16.8. The van der Waals surface area contributed by atoms with Gasteiger partial charge < -0.3 is 10.6 Å². The molecule has 24 heavy (non-hydrogen) atoms. The van der Waals surface area contributed by atoms with Crippen molar-refractivity contribution < 1.29 is 10.1 Å². The Hall–Kier alpha value is -2.46. The molecule has 0 aliphatic carbocycles. The molecule has 1 atom stereocenters. The van der Waals surface area contributed by atoms with Gasteiger partial charge in [0, 0.05) is 5.56 Å². The number of quaternary nitrogens is 1. The third-order valence-corrected chi connectivity index (χ3v) is 5.37. The summed E-state index contributed by atoms with van der Waals surface area (Å²) >= 11 is 3.05. The molecule has 0 bridgehead atoms. The molecular weight excluding hydrogens is 338 g/mol. The largest absolute Gasteiger partial charge is 0.328 e. The Bertz CT molecular complexity index is 835. The van der Waals surface area contributed by atoms with E-state index in [1.165, 1.54) is 21.8 Å². The number of nitrogens with two attached hydrogens (primary N) is 1. The van der Waals surface area contributed by atoms with Crippen LogP contribution >= 0.6 is 22.7 Å². The molecule has 0 spiro atoms. The average Bonchev–Trinajstić information content (AvgIpc) is 3.28. The Labute approximate surface area is 148 Å². The van der Waals surface area contributed by atoms with Gasteiger partial charge in [-0.25, -0.2) is 0 Å². The van der Waals surface area contributed by atoms with Crippen molar-refractivity contribution in [3.63, 3.8) is 0 Å². The van der Waals surface area contributed by atoms with E-state index in [4.69, 9.17) is 5.26 Å². The van der Waals surface area contributed by atoms with Gasteiger partial charge in [0.05, 0.1) is 10.4 Å². The van der Waals surface area contributed by atoms with E-state index in [0.717, 1.165) is 0 Å². The van der Waals surface area contributed by atoms with E-state index in [1.54, 1.807) is 22.8 Å². The van der Waals surface area contributed by atoms with Gasteiger partial charge in [-0.2, -0.15) is 5.26 Å². The highest BCUT2D eigenvalue weighted by atomic mass is 32.1. The van der Waals surface area contributed by atoms with Gasteiger partial charge in [0.2, 0.25) is 0 Å². The number of nitrogens with one attached hydrogen (secondary N) is 1. The van der Waals surface area contributed by atoms with Gasteiger partial charge in [-0.3, -0.25) is 4.79 Å². The van der Waals surface area contributed by atoms with Crippen LogP contribution in [0.1, 0.15) is 22.0 Å². The van der Waals surface area contributed by atoms with Crippen LogP contribution in [0.2, 0.25) is 0 Å². The Kier molecular flexibility index (Phi) is 5.39. The predicted octanol–water partition coefficient (Wildman–Crippen LogP) is 2.97. The molecule has 1 aromatic carbocycles. The van der Waals surface area contributed by atoms with Crippen molar-refractivity contribution in [3.05, 3.63) is 75.3 Å². The van der Waals surface area contributed by atoms with Crippen LogP contribution in [0.3, 0.4) is 0 Å². The zero-order valence-electron chi connectivity index (χ0n) is 12.8. The van der Waals surface area contributed by atoms with Gasteiger partial charge in [0.15, 0.2) is 6.54 Å². The quantitative estimate of drug-likeness (QED) is 0.714. The van der Waals surface area contributed by atoms with Crippen LogP contribution in [-0.2, 0) is 4.79 Å². The van der Waals surface area contributed by atoms with Crippen molar-refractivity contribution in [3.8, 4) is 6.07 Å². The highest BCUT2D eigenvalue weighted by molar-refractivity contribution is 7.14. The first-order chi connectivity index (χ1) is 11.8. The minimum atomic E-state index is -0.105. The van der Waals surface area contributed by atoms with E-state index < -0.39 is 0 Å². The molecule has 3 aromatic rings. The van der Waals surface area contributed by atoms with Crippen molar-refractivity contribution >= 4 is 33.6 Å². The molecule has 0 aliphatic heterocycles. The number of hydrogen-bond donors (Lipinski definition) is 2. The fourth-order valence-electron chi connectivity index (χ4n) is 2.44. The molecule has 3 N–H and O–H groups in total. The molecular formula is C18H16N3OS2+. The Morgan fingerprint density at radius 1 is 1.12 bits per heavy atom. The molecule has 0 fully saturated rings. The molecule has 2 aromatic heterocycles. The first-order valence-corrected chi connectivity index (χ1v) is 9.23. The molecule has 4 nitrogen and oxygen atoms in total. The molecule has 0 aliphatic rings. The summed E-state index contributed by atoms with van der Waals surface area (Å²) in [4.78, 5) is 13.5. The van der Waals surface area contributed by atoms with Crippen LogP contribution in [-0.4, -0.2) is 12.5 Å². The van der Waals surface area contributed by atoms with Crippen molar-refractivity contribution in [2.24, 2.45) is 0 Å². The highest BCUT2D eigenvalue weighted by Gasteiger charge is 2.20. The minimum absolute atomic E-state index is 0.0933. The lowest BCUT2D eigenvalue weighted by Crippen LogP contribution is -2.87. The van der Waals surface area contributed by atoms with E-state index in [9.17, 15) is 4.79 Å². The van der Waals surface area contributed by atoms with Crippen molar-refractivity contribution in [1.82, 2.24) is 0 Å². The summed E-state index contributed by atoms with van der Waals surface area (Å²) in [5, 5.41) is 18.3. The molecule has 3 rings (SSSR count). The van der Waals surface area contributed by atoms with Crippen LogP contribution in [0, 0.1) is 11.3 Å². The monoisotopic (exact) mass is 354 g/mol. The molecule has 0 unspecified atom stereocenters. The van der Waals surface area contributed by atoms with Crippen LogP contribution in [0.4, 0.5) is 5.00 Å². The standard InChI is InChI=1S/C18H15N3OS2/c19-11-14-8-10-24-18(14)21-16(22)12-20-17(15-7-4-9-23-15)13-5-2-1-3-6-13/h1-10,17,20H,12H2,(H,21,22)/p+1/t17-/m1/s1. The number of hydrogen-bond acceptors (Lipinski definition) is 4. The fraction of sp³-hybridized carbons (Fsp3) is 0.111. The summed E-state index contributed by atoms with van der Waals surface area (Å²) in [6, 6.07) is 18.2. The van der Waals surface area contributed by atoms with Gasteiger partial charge in [-0.15, -0.1) is 22.7 Å². The first-order valence-electron chi connectivity index (χ1n) is 7.47. The summed E-state index contributed by atoms with van der Waals surface area (Å²) < 4.78 is 0. The Morgan fingerprint density at radius 2 is 1.96 bits per heavy atom. The van der Waals surface area contributed by atoms with E-state index in [2.05, 4.69) is 29.6 Å². The minimum Gasteiger partial charge on any atom is -0.328 e. The molecule has 6 heteroatoms. The van der Waals surface area contributed by atoms with Gasteiger partial charge in [-0.1, -0.05) is 36.4 Å². The molecule has 0 saturated heterocycles. The van der Waals surface area contributed by atoms with Crippen LogP contribution in [0.25, 0.3) is 0 Å². The third kappa shape index (κ3) is 3.89. The van der Waals surface area contributed by atoms with Crippen molar-refractivity contribution in [2.45, 2.75) is 6.04 Å². The molecule has 2 heterocycles. The van der Waals surface area contributed by atoms with Gasteiger partial charge in [0.25, 0.3) is 5.91 Å². The number of anilines is 1. The molecule has 1 amide bonds. The first kappa shape index (κ1) is 16.4. The van der Waals surface area contributed by atoms with E-state index >= 15 is 0 Å². The summed E-state index contributed by atoms with van der Waals surface area (Å²) in [6.07, 6.45) is 0. The number of carbonyl (C=O) groups is 1. The van der Waals surface area contributed by atoms with Crippen molar-refractivity contribution in [2.75, 3.05) is 11.9 Å². The molecule has 120 valence electrons. The number of thiophene rings is 2. The van der Waals surface area contributed by atoms with Crippen LogP contribution in [0.15, 0.2) is 59.3 Å². The summed E-state index contributed by atoms with van der Waals surface area (Å²) in [5.74, 6) is -0.105. The van der Waals surface area contributed by atoms with E-state index in [1.807, 2.05) is 35.0 Å². The number of carbonyl (C=O) groups excluding carboxylic acids is 1. The zero-order valence-corrected chi connectivity index (χ0v) is 14.4. The smallest absolute Gasteiger partial charge is 0.280 e. The number of benzene rings is 1. The summed E-state index contributed by atoms with van der Waals surface area (Å²) in [7, 11) is 0. The summed E-state index contributed by atoms with van der Waals surface area (Å²) in [6.45, 7) is 0.292. The van der Waals surface area contributed by atoms with Crippen molar-refractivity contribution in [1.29, 1.82) is 5.26 Å². The highest BCUT2D eigenvalue weighted by Crippen LogP contribution is 2.23. The normalized spacial score (nSPS) is 11.6. The maximum absolute atomic E-state index is 12.2. The second kappa shape index (κ2) is 7.88. The topological polar surface area (TPSA) is 69.5 Å². The second-order valence-electron chi connectivity index (χ2n) is 5.17. The summed E-state index contributed by atoms with van der Waals surface area (Å²) in [5.41, 5.74) is 1.67. The average molecular weight is 354 g/mol. The SMILES string of the molecule is N#Cc1ccsc1NC(=O)C[NH2+][C@H](c1ccccc1)c1cccs1. The lowest BCUT2D eigenvalue weighted by Gasteiger charge is -2.14. The number of amides is 1. The Morgan fingerprint density at radius 3 is 2.67 bits per heavy atom. The fourth-order valence-corrected chi connectivity index (χ4v) is 4.05. The lowest BCUT2D eigenvalue weighted by atomic mass is 10.1. The van der Waals surface area contributed by atoms with Gasteiger partial charge >= 0.3 is 0 Å². The van der Waals surface area contributed by atoms with Gasteiger partial charge in [-0.05, 0) is 22.9 Å². The van der Waals surface area contributed by atoms with E-state index in [-0.39, 0.29) is 11.9 Å². The number of rotatable bonds is 6. The molecule has 0 saturated carbocycles. The van der Waals surface area contributed by atoms with E-state index in [0.29, 0.717) is 17.1 Å². The lowest BCUT2D eigenvalue weighted by molar-refractivity contribution is -0.675. The third-order valence-electron chi connectivity index (χ3n) is 3.59. The van der Waals surface area contributed by atoms with Gasteiger partial charge in [0.1, 0.15) is 17.1 Å². The van der Waals surface area contributed by atoms with Crippen LogP contribution in [0.5, 0.6) is 0 Å².